The summed E-state index contributed by atoms with van der Waals surface area (Å²) in [5, 5.41) is 4.42. The van der Waals surface area contributed by atoms with E-state index in [1.807, 2.05) is 24.3 Å². The van der Waals surface area contributed by atoms with Crippen LogP contribution in [0, 0.1) is 5.82 Å². The SMILES string of the molecule is Fc1ccc(C2=NCCNc3c2oc2ccccc32)cc1. The van der Waals surface area contributed by atoms with Crippen LogP contribution in [0.15, 0.2) is 57.9 Å². The maximum atomic E-state index is 13.1. The van der Waals surface area contributed by atoms with Crippen LogP contribution in [0.25, 0.3) is 11.0 Å². The summed E-state index contributed by atoms with van der Waals surface area (Å²) in [6.07, 6.45) is 0. The number of fused-ring (bicyclic) bond motifs is 3. The highest BCUT2D eigenvalue weighted by atomic mass is 19.1. The first-order valence-corrected chi connectivity index (χ1v) is 6.89. The molecule has 104 valence electrons. The first kappa shape index (κ1) is 12.1. The van der Waals surface area contributed by atoms with Crippen molar-refractivity contribution in [2.75, 3.05) is 18.4 Å². The van der Waals surface area contributed by atoms with Gasteiger partial charge in [-0.1, -0.05) is 12.1 Å². The van der Waals surface area contributed by atoms with Gasteiger partial charge in [0, 0.05) is 17.5 Å². The number of para-hydroxylation sites is 1. The molecule has 0 bridgehead atoms. The van der Waals surface area contributed by atoms with Crippen LogP contribution in [-0.2, 0) is 0 Å². The molecule has 0 fully saturated rings. The molecule has 0 spiro atoms. The van der Waals surface area contributed by atoms with Crippen LogP contribution in [0.1, 0.15) is 11.3 Å². The van der Waals surface area contributed by atoms with E-state index in [2.05, 4.69) is 10.3 Å². The van der Waals surface area contributed by atoms with Crippen LogP contribution in [0.3, 0.4) is 0 Å². The van der Waals surface area contributed by atoms with Crippen LogP contribution < -0.4 is 5.32 Å². The third-order valence-electron chi connectivity index (χ3n) is 3.61. The number of hydrogen-bond acceptors (Lipinski definition) is 3. The predicted octanol–water partition coefficient (Wildman–Crippen LogP) is 3.83. The summed E-state index contributed by atoms with van der Waals surface area (Å²) in [4.78, 5) is 4.60. The van der Waals surface area contributed by atoms with Gasteiger partial charge in [-0.15, -0.1) is 0 Å². The molecule has 1 N–H and O–H groups in total. The van der Waals surface area contributed by atoms with Crippen molar-refractivity contribution in [1.82, 2.24) is 0 Å². The largest absolute Gasteiger partial charge is 0.452 e. The highest BCUT2D eigenvalue weighted by Crippen LogP contribution is 2.33. The lowest BCUT2D eigenvalue weighted by Gasteiger charge is -2.04. The van der Waals surface area contributed by atoms with Crippen molar-refractivity contribution in [3.05, 3.63) is 65.7 Å². The predicted molar refractivity (Wildman–Crippen MR) is 81.6 cm³/mol. The molecule has 2 aromatic carbocycles. The van der Waals surface area contributed by atoms with Crippen LogP contribution in [0.2, 0.25) is 0 Å². The molecular weight excluding hydrogens is 267 g/mol. The Morgan fingerprint density at radius 3 is 2.71 bits per heavy atom. The van der Waals surface area contributed by atoms with Crippen LogP contribution >= 0.6 is 0 Å². The van der Waals surface area contributed by atoms with Gasteiger partial charge in [-0.05, 0) is 36.4 Å². The Balaban J connectivity index is 1.93. The Morgan fingerprint density at radius 2 is 1.86 bits per heavy atom. The molecule has 21 heavy (non-hydrogen) atoms. The maximum absolute atomic E-state index is 13.1. The normalized spacial score (nSPS) is 14.2. The number of nitrogens with zero attached hydrogens (tertiary/aromatic N) is 1. The van der Waals surface area contributed by atoms with Crippen molar-refractivity contribution >= 4 is 22.4 Å². The number of furan rings is 1. The van der Waals surface area contributed by atoms with Crippen molar-refractivity contribution in [2.24, 2.45) is 4.99 Å². The van der Waals surface area contributed by atoms with Crippen molar-refractivity contribution in [3.63, 3.8) is 0 Å². The minimum atomic E-state index is -0.254. The van der Waals surface area contributed by atoms with Gasteiger partial charge >= 0.3 is 0 Å². The average Bonchev–Trinajstić information content (AvgIpc) is 2.75. The summed E-state index contributed by atoms with van der Waals surface area (Å²) in [5.74, 6) is 0.469. The quantitative estimate of drug-likeness (QED) is 0.735. The molecule has 0 unspecified atom stereocenters. The second-order valence-electron chi connectivity index (χ2n) is 4.97. The van der Waals surface area contributed by atoms with Crippen molar-refractivity contribution in [1.29, 1.82) is 0 Å². The maximum Gasteiger partial charge on any atom is 0.177 e. The molecule has 4 rings (SSSR count). The summed E-state index contributed by atoms with van der Waals surface area (Å²) >= 11 is 0. The minimum absolute atomic E-state index is 0.254. The van der Waals surface area contributed by atoms with E-state index in [-0.39, 0.29) is 5.82 Å². The number of hydrogen-bond donors (Lipinski definition) is 1. The van der Waals surface area contributed by atoms with E-state index in [1.165, 1.54) is 12.1 Å². The molecule has 0 radical (unpaired) electrons. The highest BCUT2D eigenvalue weighted by molar-refractivity contribution is 6.18. The van der Waals surface area contributed by atoms with Gasteiger partial charge in [-0.2, -0.15) is 0 Å². The molecule has 1 aliphatic heterocycles. The lowest BCUT2D eigenvalue weighted by Crippen LogP contribution is -2.03. The third-order valence-corrected chi connectivity index (χ3v) is 3.61. The molecule has 0 amide bonds. The second-order valence-corrected chi connectivity index (χ2v) is 4.97. The monoisotopic (exact) mass is 280 g/mol. The molecular formula is C17H13FN2O. The Labute approximate surface area is 121 Å². The van der Waals surface area contributed by atoms with E-state index in [4.69, 9.17) is 4.42 Å². The molecule has 0 saturated carbocycles. The van der Waals surface area contributed by atoms with Crippen LogP contribution in [0.5, 0.6) is 0 Å². The second kappa shape index (κ2) is 4.74. The number of halogens is 1. The Hall–Kier alpha value is -2.62. The fraction of sp³-hybridized carbons (Fsp3) is 0.118. The van der Waals surface area contributed by atoms with Crippen LogP contribution in [-0.4, -0.2) is 18.8 Å². The van der Waals surface area contributed by atoms with Gasteiger partial charge < -0.3 is 9.73 Å². The lowest BCUT2D eigenvalue weighted by atomic mass is 10.1. The third kappa shape index (κ3) is 2.00. The average molecular weight is 280 g/mol. The van der Waals surface area contributed by atoms with Gasteiger partial charge in [0.25, 0.3) is 0 Å². The summed E-state index contributed by atoms with van der Waals surface area (Å²) in [6.45, 7) is 1.41. The number of benzene rings is 2. The Morgan fingerprint density at radius 1 is 1.05 bits per heavy atom. The Kier molecular flexibility index (Phi) is 2.74. The first-order chi connectivity index (χ1) is 10.3. The van der Waals surface area contributed by atoms with E-state index in [0.717, 1.165) is 40.2 Å². The highest BCUT2D eigenvalue weighted by Gasteiger charge is 2.21. The number of nitrogens with one attached hydrogen (secondary N) is 1. The van der Waals surface area contributed by atoms with Gasteiger partial charge in [0.05, 0.1) is 12.2 Å². The standard InChI is InChI=1S/C17H13FN2O/c18-12-7-5-11(6-8-12)15-17-16(20-10-9-19-15)13-3-1-2-4-14(13)21-17/h1-8,20H,9-10H2. The molecule has 0 aliphatic carbocycles. The van der Waals surface area contributed by atoms with Crippen LogP contribution in [0.4, 0.5) is 10.1 Å². The fourth-order valence-electron chi connectivity index (χ4n) is 2.64. The van der Waals surface area contributed by atoms with Crippen molar-refractivity contribution in [2.45, 2.75) is 0 Å². The van der Waals surface area contributed by atoms with E-state index >= 15 is 0 Å². The van der Waals surface area contributed by atoms with E-state index < -0.39 is 0 Å². The Bertz CT molecular complexity index is 834. The number of anilines is 1. The van der Waals surface area contributed by atoms with Crippen molar-refractivity contribution < 1.29 is 8.81 Å². The van der Waals surface area contributed by atoms with E-state index in [1.54, 1.807) is 12.1 Å². The minimum Gasteiger partial charge on any atom is -0.452 e. The molecule has 3 nitrogen and oxygen atoms in total. The summed E-state index contributed by atoms with van der Waals surface area (Å²) in [6, 6.07) is 14.2. The van der Waals surface area contributed by atoms with Gasteiger partial charge in [0.2, 0.25) is 0 Å². The topological polar surface area (TPSA) is 37.5 Å². The molecule has 1 aromatic heterocycles. The van der Waals surface area contributed by atoms with Gasteiger partial charge in [0.15, 0.2) is 5.76 Å². The zero-order chi connectivity index (χ0) is 14.2. The first-order valence-electron chi connectivity index (χ1n) is 6.89. The number of aliphatic imine (C=N–C) groups is 1. The summed E-state index contributed by atoms with van der Waals surface area (Å²) < 4.78 is 19.1. The summed E-state index contributed by atoms with van der Waals surface area (Å²) in [5.41, 5.74) is 3.42. The molecule has 0 atom stereocenters. The van der Waals surface area contributed by atoms with E-state index in [9.17, 15) is 4.39 Å². The number of rotatable bonds is 1. The van der Waals surface area contributed by atoms with E-state index in [0.29, 0.717) is 6.54 Å². The molecule has 4 heteroatoms. The molecule has 1 aliphatic rings. The molecule has 0 saturated heterocycles. The molecule has 3 aromatic rings. The van der Waals surface area contributed by atoms with Gasteiger partial charge in [-0.25, -0.2) is 4.39 Å². The van der Waals surface area contributed by atoms with Gasteiger partial charge in [-0.3, -0.25) is 4.99 Å². The fourth-order valence-corrected chi connectivity index (χ4v) is 2.64. The van der Waals surface area contributed by atoms with Crippen molar-refractivity contribution in [3.8, 4) is 0 Å². The zero-order valence-electron chi connectivity index (χ0n) is 11.3. The van der Waals surface area contributed by atoms with Gasteiger partial charge in [0.1, 0.15) is 17.1 Å². The summed E-state index contributed by atoms with van der Waals surface area (Å²) in [7, 11) is 0. The lowest BCUT2D eigenvalue weighted by molar-refractivity contribution is 0.606. The molecule has 2 heterocycles. The smallest absolute Gasteiger partial charge is 0.177 e. The zero-order valence-corrected chi connectivity index (χ0v) is 11.3.